The maximum absolute atomic E-state index is 12.7. The lowest BCUT2D eigenvalue weighted by molar-refractivity contribution is -0.167. The summed E-state index contributed by atoms with van der Waals surface area (Å²) in [5.41, 5.74) is 0. The van der Waals surface area contributed by atoms with Gasteiger partial charge >= 0.3 is 17.9 Å². The highest BCUT2D eigenvalue weighted by atomic mass is 16.6. The molecule has 0 aliphatic rings. The largest absolute Gasteiger partial charge is 0.462 e. The van der Waals surface area contributed by atoms with Crippen molar-refractivity contribution in [3.05, 3.63) is 0 Å². The molecule has 0 radical (unpaired) electrons. The Balaban J connectivity index is 4.32. The number of hydrogen-bond acceptors (Lipinski definition) is 6. The van der Waals surface area contributed by atoms with Crippen molar-refractivity contribution < 1.29 is 28.6 Å². The number of ether oxygens (including phenoxy) is 3. The first-order valence-electron chi connectivity index (χ1n) is 23.3. The first-order valence-corrected chi connectivity index (χ1v) is 23.3. The molecule has 0 aliphatic carbocycles. The molecule has 0 saturated heterocycles. The van der Waals surface area contributed by atoms with Gasteiger partial charge in [0.2, 0.25) is 0 Å². The molecule has 314 valence electrons. The standard InChI is InChI=1S/C47H90O6/c1-6-8-9-10-11-12-13-14-15-16-17-18-21-29-34-39-47(50)53-44(40-51-45(48)37-32-27-22-19-20-25-30-35-42(3)4)41-52-46(49)38-33-28-24-23-26-31-36-43(5)7-2/h42-44H,6-41H2,1-5H3/t43?,44-/m1/s1. The Morgan fingerprint density at radius 1 is 0.396 bits per heavy atom. The lowest BCUT2D eigenvalue weighted by Gasteiger charge is -2.18. The number of rotatable bonds is 41. The molecule has 0 rings (SSSR count). The molecule has 53 heavy (non-hydrogen) atoms. The van der Waals surface area contributed by atoms with Crippen molar-refractivity contribution in [1.82, 2.24) is 0 Å². The average Bonchev–Trinajstić information content (AvgIpc) is 3.14. The smallest absolute Gasteiger partial charge is 0.306 e. The van der Waals surface area contributed by atoms with Gasteiger partial charge in [0.1, 0.15) is 13.2 Å². The second-order valence-electron chi connectivity index (χ2n) is 16.8. The molecule has 0 aromatic rings. The van der Waals surface area contributed by atoms with Crippen LogP contribution >= 0.6 is 0 Å². The van der Waals surface area contributed by atoms with Gasteiger partial charge in [-0.15, -0.1) is 0 Å². The summed E-state index contributed by atoms with van der Waals surface area (Å²) < 4.78 is 16.7. The van der Waals surface area contributed by atoms with Gasteiger partial charge in [-0.3, -0.25) is 14.4 Å². The van der Waals surface area contributed by atoms with Gasteiger partial charge in [-0.05, 0) is 31.1 Å². The van der Waals surface area contributed by atoms with Crippen molar-refractivity contribution in [2.75, 3.05) is 13.2 Å². The third kappa shape index (κ3) is 39.9. The van der Waals surface area contributed by atoms with Crippen molar-refractivity contribution in [3.8, 4) is 0 Å². The topological polar surface area (TPSA) is 78.9 Å². The highest BCUT2D eigenvalue weighted by molar-refractivity contribution is 5.71. The molecule has 1 unspecified atom stereocenters. The van der Waals surface area contributed by atoms with Gasteiger partial charge in [0.15, 0.2) is 6.10 Å². The summed E-state index contributed by atoms with van der Waals surface area (Å²) in [5.74, 6) is 0.734. The summed E-state index contributed by atoms with van der Waals surface area (Å²) in [6, 6.07) is 0. The molecule has 6 heteroatoms. The number of carbonyl (C=O) groups is 3. The van der Waals surface area contributed by atoms with Gasteiger partial charge in [-0.25, -0.2) is 0 Å². The summed E-state index contributed by atoms with van der Waals surface area (Å²) in [5, 5.41) is 0. The number of esters is 3. The van der Waals surface area contributed by atoms with Crippen LogP contribution in [0.2, 0.25) is 0 Å². The zero-order valence-electron chi connectivity index (χ0n) is 36.1. The minimum atomic E-state index is -0.761. The Labute approximate surface area is 329 Å². The van der Waals surface area contributed by atoms with E-state index in [2.05, 4.69) is 34.6 Å². The van der Waals surface area contributed by atoms with Crippen LogP contribution in [0.3, 0.4) is 0 Å². The molecule has 0 N–H and O–H groups in total. The van der Waals surface area contributed by atoms with Crippen molar-refractivity contribution in [2.24, 2.45) is 11.8 Å². The third-order valence-corrected chi connectivity index (χ3v) is 10.8. The first kappa shape index (κ1) is 51.4. The third-order valence-electron chi connectivity index (χ3n) is 10.8. The minimum absolute atomic E-state index is 0.0663. The Hall–Kier alpha value is -1.59. The van der Waals surface area contributed by atoms with Gasteiger partial charge in [0, 0.05) is 19.3 Å². The number of unbranched alkanes of at least 4 members (excludes halogenated alkanes) is 25. The van der Waals surface area contributed by atoms with Gasteiger partial charge < -0.3 is 14.2 Å². The van der Waals surface area contributed by atoms with Crippen LogP contribution in [0.25, 0.3) is 0 Å². The average molecular weight is 751 g/mol. The predicted molar refractivity (Wildman–Crippen MR) is 224 cm³/mol. The van der Waals surface area contributed by atoms with Crippen molar-refractivity contribution in [1.29, 1.82) is 0 Å². The maximum atomic E-state index is 12.7. The molecular formula is C47H90O6. The summed E-state index contributed by atoms with van der Waals surface area (Å²) in [4.78, 5) is 37.7. The fourth-order valence-electron chi connectivity index (χ4n) is 6.90. The van der Waals surface area contributed by atoms with Crippen LogP contribution in [-0.2, 0) is 28.6 Å². The van der Waals surface area contributed by atoms with Crippen LogP contribution < -0.4 is 0 Å². The van der Waals surface area contributed by atoms with E-state index in [0.29, 0.717) is 19.3 Å². The molecule has 0 aromatic carbocycles. The molecule has 0 aliphatic heterocycles. The van der Waals surface area contributed by atoms with Crippen molar-refractivity contribution >= 4 is 17.9 Å². The summed E-state index contributed by atoms with van der Waals surface area (Å²) >= 11 is 0. The normalized spacial score (nSPS) is 12.6. The van der Waals surface area contributed by atoms with Crippen LogP contribution in [-0.4, -0.2) is 37.2 Å². The molecule has 0 fully saturated rings. The highest BCUT2D eigenvalue weighted by Gasteiger charge is 2.19. The Kier molecular flexibility index (Phi) is 38.9. The van der Waals surface area contributed by atoms with Gasteiger partial charge in [0.05, 0.1) is 0 Å². The molecule has 0 aromatic heterocycles. The molecule has 0 amide bonds. The van der Waals surface area contributed by atoms with E-state index in [1.54, 1.807) is 0 Å². The SMILES string of the molecule is CCCCCCCCCCCCCCCCCC(=O)O[C@H](COC(=O)CCCCCCCCCC(C)C)COC(=O)CCCCCCCCC(C)CC. The summed E-state index contributed by atoms with van der Waals surface area (Å²) in [7, 11) is 0. The molecule has 0 saturated carbocycles. The fraction of sp³-hybridized carbons (Fsp3) is 0.936. The maximum Gasteiger partial charge on any atom is 0.306 e. The van der Waals surface area contributed by atoms with E-state index < -0.39 is 6.10 Å². The highest BCUT2D eigenvalue weighted by Crippen LogP contribution is 2.17. The van der Waals surface area contributed by atoms with E-state index in [4.69, 9.17) is 14.2 Å². The van der Waals surface area contributed by atoms with Crippen molar-refractivity contribution in [2.45, 2.75) is 259 Å². The van der Waals surface area contributed by atoms with E-state index in [0.717, 1.165) is 69.6 Å². The Morgan fingerprint density at radius 2 is 0.717 bits per heavy atom. The lowest BCUT2D eigenvalue weighted by atomic mass is 10.00. The Morgan fingerprint density at radius 3 is 1.08 bits per heavy atom. The fourth-order valence-corrected chi connectivity index (χ4v) is 6.90. The van der Waals surface area contributed by atoms with Gasteiger partial charge in [-0.1, -0.05) is 214 Å². The quantitative estimate of drug-likeness (QED) is 0.0352. The monoisotopic (exact) mass is 751 g/mol. The molecular weight excluding hydrogens is 661 g/mol. The molecule has 0 spiro atoms. The summed E-state index contributed by atoms with van der Waals surface area (Å²) in [6.07, 6.45) is 38.1. The first-order chi connectivity index (χ1) is 25.8. The second-order valence-corrected chi connectivity index (χ2v) is 16.8. The predicted octanol–water partition coefficient (Wildman–Crippen LogP) is 14.6. The summed E-state index contributed by atoms with van der Waals surface area (Å²) in [6.45, 7) is 11.3. The van der Waals surface area contributed by atoms with Gasteiger partial charge in [-0.2, -0.15) is 0 Å². The van der Waals surface area contributed by atoms with Crippen LogP contribution in [0, 0.1) is 11.8 Å². The van der Waals surface area contributed by atoms with Gasteiger partial charge in [0.25, 0.3) is 0 Å². The minimum Gasteiger partial charge on any atom is -0.462 e. The van der Waals surface area contributed by atoms with E-state index in [-0.39, 0.29) is 31.1 Å². The number of hydrogen-bond donors (Lipinski definition) is 0. The number of carbonyl (C=O) groups excluding carboxylic acids is 3. The zero-order valence-corrected chi connectivity index (χ0v) is 36.1. The van der Waals surface area contributed by atoms with E-state index >= 15 is 0 Å². The molecule has 2 atom stereocenters. The van der Waals surface area contributed by atoms with Crippen LogP contribution in [0.15, 0.2) is 0 Å². The van der Waals surface area contributed by atoms with Crippen LogP contribution in [0.4, 0.5) is 0 Å². The van der Waals surface area contributed by atoms with Crippen LogP contribution in [0.5, 0.6) is 0 Å². The van der Waals surface area contributed by atoms with E-state index in [1.807, 2.05) is 0 Å². The van der Waals surface area contributed by atoms with Crippen molar-refractivity contribution in [3.63, 3.8) is 0 Å². The van der Waals surface area contributed by atoms with E-state index in [9.17, 15) is 14.4 Å². The zero-order chi connectivity index (χ0) is 39.0. The molecule has 6 nitrogen and oxygen atoms in total. The van der Waals surface area contributed by atoms with Crippen LogP contribution in [0.1, 0.15) is 253 Å². The molecule has 0 heterocycles. The Bertz CT molecular complexity index is 811. The second kappa shape index (κ2) is 40.1. The van der Waals surface area contributed by atoms with E-state index in [1.165, 1.54) is 141 Å². The lowest BCUT2D eigenvalue weighted by Crippen LogP contribution is -2.30. The molecule has 0 bridgehead atoms.